The summed E-state index contributed by atoms with van der Waals surface area (Å²) in [7, 11) is 0. The molecule has 4 nitrogen and oxygen atoms in total. The van der Waals surface area contributed by atoms with Gasteiger partial charge in [0.05, 0.1) is 18.1 Å². The monoisotopic (exact) mass is 228 g/mol. The smallest absolute Gasteiger partial charge is 0.227 e. The Kier molecular flexibility index (Phi) is 4.74. The van der Waals surface area contributed by atoms with Crippen molar-refractivity contribution >= 4 is 5.91 Å². The standard InChI is InChI=1S/C12H24N2O2/c1-9(2)10(7-15)14-11(16)12(8-13)5-3-4-6-12/h9-10,15H,3-8,13H2,1-2H3,(H,14,16). The summed E-state index contributed by atoms with van der Waals surface area (Å²) >= 11 is 0. The van der Waals surface area contributed by atoms with Crippen molar-refractivity contribution in [3.63, 3.8) is 0 Å². The number of aliphatic hydroxyl groups is 1. The maximum atomic E-state index is 12.2. The van der Waals surface area contributed by atoms with Gasteiger partial charge in [-0.05, 0) is 18.8 Å². The summed E-state index contributed by atoms with van der Waals surface area (Å²) in [5.41, 5.74) is 5.37. The summed E-state index contributed by atoms with van der Waals surface area (Å²) in [6.45, 7) is 4.38. The van der Waals surface area contributed by atoms with Crippen molar-refractivity contribution in [2.45, 2.75) is 45.6 Å². The second kappa shape index (κ2) is 5.64. The summed E-state index contributed by atoms with van der Waals surface area (Å²) in [4.78, 5) is 12.2. The van der Waals surface area contributed by atoms with Crippen LogP contribution in [0.1, 0.15) is 39.5 Å². The Labute approximate surface area is 97.6 Å². The Morgan fingerprint density at radius 2 is 2.00 bits per heavy atom. The second-order valence-corrected chi connectivity index (χ2v) is 5.20. The highest BCUT2D eigenvalue weighted by atomic mass is 16.3. The van der Waals surface area contributed by atoms with Gasteiger partial charge in [-0.3, -0.25) is 4.79 Å². The normalized spacial score (nSPS) is 21.1. The van der Waals surface area contributed by atoms with Gasteiger partial charge in [0.25, 0.3) is 0 Å². The van der Waals surface area contributed by atoms with E-state index in [1.807, 2.05) is 13.8 Å². The highest BCUT2D eigenvalue weighted by molar-refractivity contribution is 5.83. The fourth-order valence-corrected chi connectivity index (χ4v) is 2.32. The number of amides is 1. The van der Waals surface area contributed by atoms with Gasteiger partial charge in [-0.2, -0.15) is 0 Å². The van der Waals surface area contributed by atoms with E-state index in [1.54, 1.807) is 0 Å². The van der Waals surface area contributed by atoms with Crippen molar-refractivity contribution in [1.29, 1.82) is 0 Å². The predicted molar refractivity (Wildman–Crippen MR) is 63.8 cm³/mol. The van der Waals surface area contributed by atoms with E-state index in [-0.39, 0.29) is 29.9 Å². The molecule has 0 spiro atoms. The van der Waals surface area contributed by atoms with Crippen molar-refractivity contribution in [2.75, 3.05) is 13.2 Å². The van der Waals surface area contributed by atoms with Crippen LogP contribution in [0.3, 0.4) is 0 Å². The number of nitrogens with two attached hydrogens (primary N) is 1. The van der Waals surface area contributed by atoms with Crippen LogP contribution in [-0.2, 0) is 4.79 Å². The maximum Gasteiger partial charge on any atom is 0.227 e. The summed E-state index contributed by atoms with van der Waals surface area (Å²) < 4.78 is 0. The zero-order valence-corrected chi connectivity index (χ0v) is 10.3. The van der Waals surface area contributed by atoms with Gasteiger partial charge in [0.15, 0.2) is 0 Å². The second-order valence-electron chi connectivity index (χ2n) is 5.20. The molecule has 1 aliphatic carbocycles. The molecule has 1 fully saturated rings. The highest BCUT2D eigenvalue weighted by Crippen LogP contribution is 2.37. The van der Waals surface area contributed by atoms with E-state index in [1.165, 1.54) is 0 Å². The van der Waals surface area contributed by atoms with Gasteiger partial charge in [-0.25, -0.2) is 0 Å². The van der Waals surface area contributed by atoms with E-state index in [4.69, 9.17) is 5.73 Å². The minimum absolute atomic E-state index is 0.00986. The number of hydrogen-bond donors (Lipinski definition) is 3. The number of hydrogen-bond acceptors (Lipinski definition) is 3. The van der Waals surface area contributed by atoms with Crippen LogP contribution < -0.4 is 11.1 Å². The van der Waals surface area contributed by atoms with E-state index in [2.05, 4.69) is 5.32 Å². The molecule has 0 aromatic carbocycles. The number of rotatable bonds is 5. The Balaban J connectivity index is 2.62. The number of aliphatic hydroxyl groups excluding tert-OH is 1. The molecule has 1 amide bonds. The molecule has 1 saturated carbocycles. The minimum Gasteiger partial charge on any atom is -0.394 e. The third kappa shape index (κ3) is 2.74. The van der Waals surface area contributed by atoms with E-state index < -0.39 is 0 Å². The molecule has 0 heterocycles. The lowest BCUT2D eigenvalue weighted by Crippen LogP contribution is -2.50. The summed E-state index contributed by atoms with van der Waals surface area (Å²) in [6.07, 6.45) is 3.92. The Hall–Kier alpha value is -0.610. The molecular formula is C12H24N2O2. The van der Waals surface area contributed by atoms with Gasteiger partial charge in [0.1, 0.15) is 0 Å². The minimum atomic E-state index is -0.373. The largest absolute Gasteiger partial charge is 0.394 e. The van der Waals surface area contributed by atoms with Crippen LogP contribution in [0.2, 0.25) is 0 Å². The van der Waals surface area contributed by atoms with E-state index in [0.29, 0.717) is 6.54 Å². The molecule has 0 saturated heterocycles. The number of nitrogens with one attached hydrogen (secondary N) is 1. The maximum absolute atomic E-state index is 12.2. The molecule has 16 heavy (non-hydrogen) atoms. The van der Waals surface area contributed by atoms with Crippen LogP contribution in [0, 0.1) is 11.3 Å². The first kappa shape index (κ1) is 13.5. The average molecular weight is 228 g/mol. The molecule has 1 atom stereocenters. The van der Waals surface area contributed by atoms with Gasteiger partial charge in [-0.1, -0.05) is 26.7 Å². The molecule has 0 aromatic rings. The SMILES string of the molecule is CC(C)C(CO)NC(=O)C1(CN)CCCC1. The first-order valence-corrected chi connectivity index (χ1v) is 6.17. The Morgan fingerprint density at radius 3 is 2.38 bits per heavy atom. The zero-order chi connectivity index (χ0) is 12.2. The summed E-state index contributed by atoms with van der Waals surface area (Å²) in [5, 5.41) is 12.1. The quantitative estimate of drug-likeness (QED) is 0.646. The van der Waals surface area contributed by atoms with Crippen molar-refractivity contribution in [3.05, 3.63) is 0 Å². The van der Waals surface area contributed by atoms with Crippen LogP contribution in [0.5, 0.6) is 0 Å². The lowest BCUT2D eigenvalue weighted by atomic mass is 9.84. The molecule has 4 heteroatoms. The van der Waals surface area contributed by atoms with Gasteiger partial charge < -0.3 is 16.2 Å². The topological polar surface area (TPSA) is 75.3 Å². The highest BCUT2D eigenvalue weighted by Gasteiger charge is 2.40. The van der Waals surface area contributed by atoms with Crippen molar-refractivity contribution < 1.29 is 9.90 Å². The number of carbonyl (C=O) groups is 1. The van der Waals surface area contributed by atoms with Gasteiger partial charge in [-0.15, -0.1) is 0 Å². The number of carbonyl (C=O) groups excluding carboxylic acids is 1. The fourth-order valence-electron chi connectivity index (χ4n) is 2.32. The molecule has 0 aromatic heterocycles. The molecule has 94 valence electrons. The summed E-state index contributed by atoms with van der Waals surface area (Å²) in [6, 6.07) is -0.156. The van der Waals surface area contributed by atoms with Crippen LogP contribution in [0.15, 0.2) is 0 Å². The van der Waals surface area contributed by atoms with Crippen LogP contribution >= 0.6 is 0 Å². The lowest BCUT2D eigenvalue weighted by molar-refractivity contribution is -0.131. The fraction of sp³-hybridized carbons (Fsp3) is 0.917. The zero-order valence-electron chi connectivity index (χ0n) is 10.3. The predicted octanol–water partition coefficient (Wildman–Crippen LogP) is 0.639. The molecule has 0 aliphatic heterocycles. The molecule has 1 unspecified atom stereocenters. The molecule has 0 radical (unpaired) electrons. The van der Waals surface area contributed by atoms with Crippen LogP contribution in [0.4, 0.5) is 0 Å². The van der Waals surface area contributed by atoms with E-state index >= 15 is 0 Å². The van der Waals surface area contributed by atoms with Gasteiger partial charge in [0, 0.05) is 6.54 Å². The van der Waals surface area contributed by atoms with E-state index in [0.717, 1.165) is 25.7 Å². The molecular weight excluding hydrogens is 204 g/mol. The summed E-state index contributed by atoms with van der Waals surface area (Å²) in [5.74, 6) is 0.269. The first-order valence-electron chi connectivity index (χ1n) is 6.17. The first-order chi connectivity index (χ1) is 7.55. The van der Waals surface area contributed by atoms with Crippen LogP contribution in [-0.4, -0.2) is 30.2 Å². The third-order valence-corrected chi connectivity index (χ3v) is 3.75. The molecule has 1 aliphatic rings. The Morgan fingerprint density at radius 1 is 1.44 bits per heavy atom. The van der Waals surface area contributed by atoms with Crippen molar-refractivity contribution in [2.24, 2.45) is 17.1 Å². The van der Waals surface area contributed by atoms with Crippen LogP contribution in [0.25, 0.3) is 0 Å². The molecule has 1 rings (SSSR count). The van der Waals surface area contributed by atoms with E-state index in [9.17, 15) is 9.90 Å². The Bertz CT molecular complexity index is 235. The lowest BCUT2D eigenvalue weighted by Gasteiger charge is -2.29. The molecule has 0 bridgehead atoms. The van der Waals surface area contributed by atoms with Gasteiger partial charge in [0.2, 0.25) is 5.91 Å². The third-order valence-electron chi connectivity index (χ3n) is 3.75. The average Bonchev–Trinajstić information content (AvgIpc) is 2.74. The van der Waals surface area contributed by atoms with Crippen molar-refractivity contribution in [3.8, 4) is 0 Å². The van der Waals surface area contributed by atoms with Gasteiger partial charge >= 0.3 is 0 Å². The molecule has 4 N–H and O–H groups in total. The van der Waals surface area contributed by atoms with Crippen molar-refractivity contribution in [1.82, 2.24) is 5.32 Å².